The summed E-state index contributed by atoms with van der Waals surface area (Å²) in [5.74, 6) is 0.264. The maximum atomic E-state index is 7.29. The van der Waals surface area contributed by atoms with E-state index in [1.54, 1.807) is 12.5 Å². The number of rotatable bonds is 3. The first-order valence-corrected chi connectivity index (χ1v) is 3.50. The molecule has 0 unspecified atom stereocenters. The topological polar surface area (TPSA) is 61.8 Å². The number of nitrogens with one attached hydrogen (secondary N) is 2. The molecule has 0 radical (unpaired) electrons. The van der Waals surface area contributed by atoms with Crippen LogP contribution in [0.5, 0.6) is 0 Å². The minimum absolute atomic E-state index is 0. The molecule has 0 fully saturated rings. The Kier molecular flexibility index (Phi) is 8.96. The number of aromatic amines is 1. The number of hydrogen-bond donors (Lipinski definition) is 2. The zero-order chi connectivity index (χ0) is 8.10. The van der Waals surface area contributed by atoms with Gasteiger partial charge in [0, 0.05) is 6.20 Å². The largest absolute Gasteiger partial charge is 0.481 e. The summed E-state index contributed by atoms with van der Waals surface area (Å²) >= 11 is 0. The van der Waals surface area contributed by atoms with Crippen molar-refractivity contribution in [1.82, 2.24) is 9.97 Å². The van der Waals surface area contributed by atoms with Gasteiger partial charge >= 0.3 is 0 Å². The van der Waals surface area contributed by atoms with Crippen molar-refractivity contribution in [2.24, 2.45) is 0 Å². The van der Waals surface area contributed by atoms with Crippen molar-refractivity contribution < 1.29 is 4.74 Å². The minimum atomic E-state index is 0. The second-order valence-corrected chi connectivity index (χ2v) is 2.09. The average molecular weight is 226 g/mol. The number of hydrogen-bond acceptors (Lipinski definition) is 3. The van der Waals surface area contributed by atoms with Gasteiger partial charge in [-0.15, -0.1) is 24.8 Å². The number of halogens is 2. The lowest BCUT2D eigenvalue weighted by Gasteiger charge is -2.00. The molecule has 0 aromatic carbocycles. The molecule has 0 aliphatic carbocycles. The Balaban J connectivity index is 0. The van der Waals surface area contributed by atoms with E-state index in [4.69, 9.17) is 10.1 Å². The summed E-state index contributed by atoms with van der Waals surface area (Å²) in [5, 5.41) is 7.29. The fourth-order valence-electron chi connectivity index (χ4n) is 0.777. The average Bonchev–Trinajstić information content (AvgIpc) is 2.40. The molecule has 1 aromatic rings. The summed E-state index contributed by atoms with van der Waals surface area (Å²) < 4.78 is 4.94. The van der Waals surface area contributed by atoms with Crippen molar-refractivity contribution in [2.45, 2.75) is 13.3 Å². The predicted molar refractivity (Wildman–Crippen MR) is 56.1 cm³/mol. The third kappa shape index (κ3) is 5.49. The third-order valence-electron chi connectivity index (χ3n) is 1.22. The van der Waals surface area contributed by atoms with Crippen LogP contribution in [0, 0.1) is 5.41 Å². The molecule has 1 heterocycles. The standard InChI is InChI=1S/C7H11N3O.2ClH/c1-2-11-7(8)3-6-4-9-5-10-6;;/h4-5,8H,2-3H2,1H3,(H,9,10);2*1H. The normalized spacial score (nSPS) is 8.08. The predicted octanol–water partition coefficient (Wildman–Crippen LogP) is 1.81. The zero-order valence-electron chi connectivity index (χ0n) is 7.24. The van der Waals surface area contributed by atoms with Gasteiger partial charge in [-0.2, -0.15) is 0 Å². The van der Waals surface area contributed by atoms with Gasteiger partial charge in [-0.25, -0.2) is 4.98 Å². The molecule has 0 spiro atoms. The fourth-order valence-corrected chi connectivity index (χ4v) is 0.777. The van der Waals surface area contributed by atoms with Gasteiger partial charge in [0.1, 0.15) is 0 Å². The van der Waals surface area contributed by atoms with Gasteiger partial charge in [-0.1, -0.05) is 0 Å². The van der Waals surface area contributed by atoms with Gasteiger partial charge < -0.3 is 9.72 Å². The molecular weight excluding hydrogens is 213 g/mol. The van der Waals surface area contributed by atoms with Gasteiger partial charge in [0.2, 0.25) is 0 Å². The highest BCUT2D eigenvalue weighted by Gasteiger charge is 1.99. The Hall–Kier alpha value is -0.740. The van der Waals surface area contributed by atoms with E-state index in [1.165, 1.54) is 0 Å². The highest BCUT2D eigenvalue weighted by Crippen LogP contribution is 1.94. The summed E-state index contributed by atoms with van der Waals surface area (Å²) in [6.45, 7) is 2.41. The molecule has 0 amide bonds. The van der Waals surface area contributed by atoms with Crippen LogP contribution in [0.2, 0.25) is 0 Å². The van der Waals surface area contributed by atoms with Crippen molar-refractivity contribution in [3.05, 3.63) is 18.2 Å². The van der Waals surface area contributed by atoms with Gasteiger partial charge in [0.15, 0.2) is 5.90 Å². The number of imidazole rings is 1. The minimum Gasteiger partial charge on any atom is -0.481 e. The molecule has 0 aliphatic rings. The van der Waals surface area contributed by atoms with E-state index in [9.17, 15) is 0 Å². The molecule has 0 atom stereocenters. The maximum absolute atomic E-state index is 7.29. The molecule has 0 aliphatic heterocycles. The Morgan fingerprint density at radius 3 is 2.77 bits per heavy atom. The van der Waals surface area contributed by atoms with Crippen molar-refractivity contribution in [3.63, 3.8) is 0 Å². The molecule has 13 heavy (non-hydrogen) atoms. The Morgan fingerprint density at radius 1 is 1.62 bits per heavy atom. The molecular formula is C7H13Cl2N3O. The third-order valence-corrected chi connectivity index (χ3v) is 1.22. The first kappa shape index (κ1) is 14.8. The highest BCUT2D eigenvalue weighted by atomic mass is 35.5. The van der Waals surface area contributed by atoms with Crippen LogP contribution in [0.4, 0.5) is 0 Å². The number of aromatic nitrogens is 2. The number of nitrogens with zero attached hydrogens (tertiary/aromatic N) is 1. The lowest BCUT2D eigenvalue weighted by atomic mass is 10.3. The van der Waals surface area contributed by atoms with Crippen LogP contribution < -0.4 is 0 Å². The summed E-state index contributed by atoms with van der Waals surface area (Å²) in [6.07, 6.45) is 3.82. The number of H-pyrrole nitrogens is 1. The van der Waals surface area contributed by atoms with E-state index in [2.05, 4.69) is 9.97 Å². The van der Waals surface area contributed by atoms with E-state index in [0.717, 1.165) is 5.69 Å². The molecule has 0 saturated carbocycles. The van der Waals surface area contributed by atoms with Crippen LogP contribution in [0.15, 0.2) is 12.5 Å². The summed E-state index contributed by atoms with van der Waals surface area (Å²) in [4.78, 5) is 6.78. The van der Waals surface area contributed by atoms with Crippen LogP contribution in [-0.2, 0) is 11.2 Å². The second kappa shape index (κ2) is 7.89. The van der Waals surface area contributed by atoms with Crippen molar-refractivity contribution in [2.75, 3.05) is 6.61 Å². The highest BCUT2D eigenvalue weighted by molar-refractivity contribution is 5.85. The first-order valence-electron chi connectivity index (χ1n) is 3.50. The smallest absolute Gasteiger partial charge is 0.186 e. The molecule has 1 rings (SSSR count). The molecule has 0 bridgehead atoms. The Labute approximate surface area is 89.4 Å². The monoisotopic (exact) mass is 225 g/mol. The van der Waals surface area contributed by atoms with Crippen LogP contribution >= 0.6 is 24.8 Å². The van der Waals surface area contributed by atoms with E-state index >= 15 is 0 Å². The summed E-state index contributed by atoms with van der Waals surface area (Å²) in [5.41, 5.74) is 0.837. The molecule has 4 nitrogen and oxygen atoms in total. The van der Waals surface area contributed by atoms with E-state index in [-0.39, 0.29) is 30.7 Å². The van der Waals surface area contributed by atoms with Gasteiger partial charge in [0.25, 0.3) is 0 Å². The summed E-state index contributed by atoms with van der Waals surface area (Å²) in [7, 11) is 0. The maximum Gasteiger partial charge on any atom is 0.186 e. The lowest BCUT2D eigenvalue weighted by Crippen LogP contribution is -2.06. The quantitative estimate of drug-likeness (QED) is 0.609. The first-order chi connectivity index (χ1) is 5.33. The molecule has 2 N–H and O–H groups in total. The van der Waals surface area contributed by atoms with Crippen LogP contribution in [0.3, 0.4) is 0 Å². The number of ether oxygens (including phenoxy) is 1. The molecule has 0 saturated heterocycles. The zero-order valence-corrected chi connectivity index (χ0v) is 8.87. The van der Waals surface area contributed by atoms with Crippen LogP contribution in [0.1, 0.15) is 12.6 Å². The lowest BCUT2D eigenvalue weighted by molar-refractivity contribution is 0.316. The SMILES string of the molecule is CCOC(=N)Cc1c[nH]cn1.Cl.Cl. The van der Waals surface area contributed by atoms with Crippen molar-refractivity contribution >= 4 is 30.7 Å². The molecule has 76 valence electrons. The van der Waals surface area contributed by atoms with E-state index < -0.39 is 0 Å². The van der Waals surface area contributed by atoms with E-state index in [0.29, 0.717) is 13.0 Å². The van der Waals surface area contributed by atoms with Gasteiger partial charge in [-0.3, -0.25) is 5.41 Å². The molecule has 1 aromatic heterocycles. The van der Waals surface area contributed by atoms with Gasteiger partial charge in [-0.05, 0) is 6.92 Å². The molecule has 6 heteroatoms. The van der Waals surface area contributed by atoms with Crippen molar-refractivity contribution in [1.29, 1.82) is 5.41 Å². The van der Waals surface area contributed by atoms with E-state index in [1.807, 2.05) is 6.92 Å². The second-order valence-electron chi connectivity index (χ2n) is 2.09. The van der Waals surface area contributed by atoms with Crippen molar-refractivity contribution in [3.8, 4) is 0 Å². The Bertz CT molecular complexity index is 226. The fraction of sp³-hybridized carbons (Fsp3) is 0.429. The van der Waals surface area contributed by atoms with Crippen LogP contribution in [-0.4, -0.2) is 22.5 Å². The van der Waals surface area contributed by atoms with Crippen LogP contribution in [0.25, 0.3) is 0 Å². The van der Waals surface area contributed by atoms with Gasteiger partial charge in [0.05, 0.1) is 25.0 Å². The Morgan fingerprint density at radius 2 is 2.31 bits per heavy atom. The summed E-state index contributed by atoms with van der Waals surface area (Å²) in [6, 6.07) is 0.